The predicted molar refractivity (Wildman–Crippen MR) is 58.2 cm³/mol. The van der Waals surface area contributed by atoms with Crippen LogP contribution in [0.4, 0.5) is 0 Å². The summed E-state index contributed by atoms with van der Waals surface area (Å²) in [5.74, 6) is -1.62. The van der Waals surface area contributed by atoms with E-state index < -0.39 is 11.0 Å². The number of hydrogen-bond acceptors (Lipinski definition) is 3. The summed E-state index contributed by atoms with van der Waals surface area (Å²) in [6.07, 6.45) is 3.14. The SMILES string of the molecule is O=C(O)C(Cl)=C1C=Cc2sccc2C1=O. The average Bonchev–Trinajstić information content (AvgIpc) is 2.66. The maximum Gasteiger partial charge on any atom is 0.348 e. The average molecular weight is 241 g/mol. The molecule has 15 heavy (non-hydrogen) atoms. The zero-order valence-corrected chi connectivity index (χ0v) is 8.93. The number of rotatable bonds is 1. The minimum absolute atomic E-state index is 0.0371. The van der Waals surface area contributed by atoms with Gasteiger partial charge < -0.3 is 5.11 Å². The number of Topliss-reactive ketones (excluding diaryl/α,β-unsaturated/α-hetero) is 1. The van der Waals surface area contributed by atoms with Gasteiger partial charge in [0, 0.05) is 16.0 Å². The summed E-state index contributed by atoms with van der Waals surface area (Å²) in [7, 11) is 0. The first-order valence-electron chi connectivity index (χ1n) is 4.04. The van der Waals surface area contributed by atoms with Gasteiger partial charge >= 0.3 is 5.97 Å². The summed E-state index contributed by atoms with van der Waals surface area (Å²) in [4.78, 5) is 23.2. The number of fused-ring (bicyclic) bond motifs is 1. The number of allylic oxidation sites excluding steroid dienone is 2. The van der Waals surface area contributed by atoms with Crippen LogP contribution >= 0.6 is 22.9 Å². The Hall–Kier alpha value is -1.39. The fourth-order valence-electron chi connectivity index (χ4n) is 1.31. The Labute approximate surface area is 94.3 Å². The molecule has 0 atom stereocenters. The third-order valence-corrected chi connectivity index (χ3v) is 3.26. The molecule has 76 valence electrons. The van der Waals surface area contributed by atoms with Crippen LogP contribution in [0.15, 0.2) is 28.1 Å². The molecular formula is C10H5ClO3S. The number of carbonyl (C=O) groups excluding carboxylic acids is 1. The van der Waals surface area contributed by atoms with Crippen molar-refractivity contribution in [3.63, 3.8) is 0 Å². The van der Waals surface area contributed by atoms with Crippen molar-refractivity contribution in [2.24, 2.45) is 0 Å². The summed E-state index contributed by atoms with van der Waals surface area (Å²) in [5.41, 5.74) is 0.548. The number of hydrogen-bond donors (Lipinski definition) is 1. The highest BCUT2D eigenvalue weighted by molar-refractivity contribution is 7.11. The molecule has 0 spiro atoms. The highest BCUT2D eigenvalue weighted by Gasteiger charge is 2.23. The lowest BCUT2D eigenvalue weighted by molar-refractivity contribution is -0.131. The lowest BCUT2D eigenvalue weighted by Crippen LogP contribution is -2.10. The Bertz CT molecular complexity index is 510. The van der Waals surface area contributed by atoms with Crippen LogP contribution in [0.5, 0.6) is 0 Å². The second kappa shape index (κ2) is 3.64. The van der Waals surface area contributed by atoms with Gasteiger partial charge in [-0.25, -0.2) is 4.79 Å². The third-order valence-electron chi connectivity index (χ3n) is 2.01. The predicted octanol–water partition coefficient (Wildman–Crippen LogP) is 2.54. The molecule has 0 unspecified atom stereocenters. The standard InChI is InChI=1S/C10H5ClO3S/c11-8(10(13)14)6-1-2-7-5(9(6)12)3-4-15-7/h1-4H,(H,13,14). The molecule has 2 rings (SSSR count). The van der Waals surface area contributed by atoms with Gasteiger partial charge in [0.15, 0.2) is 5.78 Å². The van der Waals surface area contributed by atoms with Crippen molar-refractivity contribution in [1.82, 2.24) is 0 Å². The Morgan fingerprint density at radius 3 is 2.80 bits per heavy atom. The van der Waals surface area contributed by atoms with Crippen molar-refractivity contribution in [2.75, 3.05) is 0 Å². The van der Waals surface area contributed by atoms with Crippen LogP contribution in [0.1, 0.15) is 15.2 Å². The van der Waals surface area contributed by atoms with Crippen molar-refractivity contribution >= 4 is 40.8 Å². The molecule has 5 heteroatoms. The second-order valence-electron chi connectivity index (χ2n) is 2.89. The van der Waals surface area contributed by atoms with E-state index >= 15 is 0 Å². The van der Waals surface area contributed by atoms with Crippen LogP contribution in [0, 0.1) is 0 Å². The van der Waals surface area contributed by atoms with Crippen molar-refractivity contribution < 1.29 is 14.7 Å². The summed E-state index contributed by atoms with van der Waals surface area (Å²) in [6.45, 7) is 0. The van der Waals surface area contributed by atoms with Gasteiger partial charge in [-0.1, -0.05) is 11.6 Å². The fourth-order valence-corrected chi connectivity index (χ4v) is 2.24. The molecule has 1 heterocycles. The molecule has 1 aromatic heterocycles. The number of carboxylic acid groups (broad SMARTS) is 1. The van der Waals surface area contributed by atoms with Crippen LogP contribution in [0.25, 0.3) is 6.08 Å². The fraction of sp³-hybridized carbons (Fsp3) is 0. The van der Waals surface area contributed by atoms with Gasteiger partial charge in [-0.2, -0.15) is 0 Å². The van der Waals surface area contributed by atoms with Gasteiger partial charge in [0.05, 0.1) is 0 Å². The Morgan fingerprint density at radius 1 is 1.40 bits per heavy atom. The van der Waals surface area contributed by atoms with E-state index in [2.05, 4.69) is 0 Å². The lowest BCUT2D eigenvalue weighted by atomic mass is 9.98. The smallest absolute Gasteiger partial charge is 0.348 e. The molecule has 0 amide bonds. The first-order chi connectivity index (χ1) is 7.11. The molecule has 0 fully saturated rings. The van der Waals surface area contributed by atoms with Crippen LogP contribution < -0.4 is 0 Å². The molecule has 3 nitrogen and oxygen atoms in total. The summed E-state index contributed by atoms with van der Waals surface area (Å²) >= 11 is 6.96. The number of ketones is 1. The monoisotopic (exact) mass is 240 g/mol. The van der Waals surface area contributed by atoms with E-state index in [1.165, 1.54) is 17.4 Å². The van der Waals surface area contributed by atoms with Crippen molar-refractivity contribution in [3.8, 4) is 0 Å². The molecule has 1 aromatic rings. The first kappa shape index (κ1) is 10.1. The Morgan fingerprint density at radius 2 is 2.13 bits per heavy atom. The van der Waals surface area contributed by atoms with Gasteiger partial charge in [0.1, 0.15) is 5.03 Å². The normalized spacial score (nSPS) is 17.5. The van der Waals surface area contributed by atoms with E-state index in [0.717, 1.165) is 4.88 Å². The molecule has 0 radical (unpaired) electrons. The zero-order chi connectivity index (χ0) is 11.0. The number of thiophene rings is 1. The first-order valence-corrected chi connectivity index (χ1v) is 5.30. The molecule has 1 aliphatic carbocycles. The Balaban J connectivity index is 2.56. The third kappa shape index (κ3) is 1.62. The lowest BCUT2D eigenvalue weighted by Gasteiger charge is -2.07. The number of carboxylic acids is 1. The van der Waals surface area contributed by atoms with Gasteiger partial charge in [0.25, 0.3) is 0 Å². The van der Waals surface area contributed by atoms with E-state index in [1.807, 2.05) is 0 Å². The second-order valence-corrected chi connectivity index (χ2v) is 4.22. The van der Waals surface area contributed by atoms with Crippen LogP contribution in [-0.2, 0) is 4.79 Å². The van der Waals surface area contributed by atoms with Gasteiger partial charge in [0.2, 0.25) is 0 Å². The topological polar surface area (TPSA) is 54.4 Å². The van der Waals surface area contributed by atoms with Crippen LogP contribution in [-0.4, -0.2) is 16.9 Å². The van der Waals surface area contributed by atoms with Crippen LogP contribution in [0.3, 0.4) is 0 Å². The van der Waals surface area contributed by atoms with Crippen molar-refractivity contribution in [3.05, 3.63) is 38.6 Å². The summed E-state index contributed by atoms with van der Waals surface area (Å²) < 4.78 is 0. The number of halogens is 1. The minimum atomic E-state index is -1.29. The Kier molecular flexibility index (Phi) is 2.46. The maximum atomic E-state index is 11.8. The van der Waals surface area contributed by atoms with E-state index in [0.29, 0.717) is 5.56 Å². The maximum absolute atomic E-state index is 11.8. The molecule has 0 saturated heterocycles. The molecule has 0 bridgehead atoms. The van der Waals surface area contributed by atoms with E-state index in [1.54, 1.807) is 17.5 Å². The van der Waals surface area contributed by atoms with E-state index in [-0.39, 0.29) is 11.4 Å². The quantitative estimate of drug-likeness (QED) is 0.768. The van der Waals surface area contributed by atoms with Gasteiger partial charge in [-0.15, -0.1) is 11.3 Å². The number of carbonyl (C=O) groups is 2. The molecule has 1 aliphatic rings. The van der Waals surface area contributed by atoms with E-state index in [4.69, 9.17) is 16.7 Å². The summed E-state index contributed by atoms with van der Waals surface area (Å²) in [6, 6.07) is 1.66. The molecule has 0 saturated carbocycles. The van der Waals surface area contributed by atoms with Crippen LogP contribution in [0.2, 0.25) is 0 Å². The highest BCUT2D eigenvalue weighted by atomic mass is 35.5. The minimum Gasteiger partial charge on any atom is -0.477 e. The van der Waals surface area contributed by atoms with Gasteiger partial charge in [-0.3, -0.25) is 4.79 Å². The molecular weight excluding hydrogens is 236 g/mol. The van der Waals surface area contributed by atoms with Crippen molar-refractivity contribution in [1.29, 1.82) is 0 Å². The zero-order valence-electron chi connectivity index (χ0n) is 7.36. The highest BCUT2D eigenvalue weighted by Crippen LogP contribution is 2.29. The largest absolute Gasteiger partial charge is 0.477 e. The molecule has 0 aliphatic heterocycles. The number of aliphatic carboxylic acids is 1. The summed E-state index contributed by atoms with van der Waals surface area (Å²) in [5, 5.41) is 10.0. The van der Waals surface area contributed by atoms with E-state index in [9.17, 15) is 9.59 Å². The van der Waals surface area contributed by atoms with Crippen molar-refractivity contribution in [2.45, 2.75) is 0 Å². The molecule has 1 N–H and O–H groups in total. The van der Waals surface area contributed by atoms with Gasteiger partial charge in [-0.05, 0) is 23.6 Å². The molecule has 0 aromatic carbocycles.